The zero-order valence-corrected chi connectivity index (χ0v) is 18.3. The van der Waals surface area contributed by atoms with Gasteiger partial charge >= 0.3 is 0 Å². The van der Waals surface area contributed by atoms with Crippen LogP contribution in [0.2, 0.25) is 5.02 Å². The van der Waals surface area contributed by atoms with Crippen LogP contribution >= 0.6 is 11.6 Å². The van der Waals surface area contributed by atoms with Crippen LogP contribution in [0.4, 0.5) is 0 Å². The summed E-state index contributed by atoms with van der Waals surface area (Å²) in [5.41, 5.74) is 7.87. The normalized spacial score (nSPS) is 11.2. The van der Waals surface area contributed by atoms with Crippen molar-refractivity contribution in [3.8, 4) is 11.5 Å². The zero-order valence-electron chi connectivity index (χ0n) is 17.5. The monoisotopic (exact) mass is 460 g/mol. The van der Waals surface area contributed by atoms with Crippen molar-refractivity contribution in [2.24, 2.45) is 5.73 Å². The number of H-pyrrole nitrogens is 1. The van der Waals surface area contributed by atoms with Crippen molar-refractivity contribution in [2.75, 3.05) is 6.61 Å². The molecule has 4 rings (SSSR count). The Hall–Kier alpha value is -3.94. The van der Waals surface area contributed by atoms with E-state index in [1.807, 2.05) is 24.3 Å². The van der Waals surface area contributed by atoms with Gasteiger partial charge < -0.3 is 25.6 Å². The Morgan fingerprint density at radius 1 is 1.12 bits per heavy atom. The molecule has 7 nitrogen and oxygen atoms in total. The van der Waals surface area contributed by atoms with Crippen molar-refractivity contribution in [3.05, 3.63) is 83.0 Å². The quantitative estimate of drug-likeness (QED) is 0.162. The van der Waals surface area contributed by atoms with Crippen LogP contribution in [0.15, 0.2) is 66.9 Å². The van der Waals surface area contributed by atoms with E-state index in [1.54, 1.807) is 30.5 Å². The van der Waals surface area contributed by atoms with E-state index < -0.39 is 0 Å². The number of aromatic amines is 1. The number of rotatable bonds is 8. The maximum absolute atomic E-state index is 12.9. The highest BCUT2D eigenvalue weighted by atomic mass is 35.5. The topological polar surface area (TPSA) is 125 Å². The van der Waals surface area contributed by atoms with Gasteiger partial charge in [-0.2, -0.15) is 0 Å². The summed E-state index contributed by atoms with van der Waals surface area (Å²) in [5, 5.41) is 18.0. The predicted octanol–water partition coefficient (Wildman–Crippen LogP) is 5.26. The number of hydrogen-bond donors (Lipinski definition) is 4. The molecule has 0 amide bonds. The first-order chi connectivity index (χ1) is 16.0. The first kappa shape index (κ1) is 22.3. The van der Waals surface area contributed by atoms with Crippen LogP contribution in [0.5, 0.6) is 11.5 Å². The van der Waals surface area contributed by atoms with Crippen molar-refractivity contribution < 1.29 is 14.3 Å². The molecule has 0 bridgehead atoms. The maximum atomic E-state index is 12.9. The van der Waals surface area contributed by atoms with Crippen LogP contribution in [0.25, 0.3) is 21.7 Å². The van der Waals surface area contributed by atoms with Crippen molar-refractivity contribution in [2.45, 2.75) is 6.54 Å². The second-order valence-electron chi connectivity index (χ2n) is 7.27. The lowest BCUT2D eigenvalue weighted by molar-refractivity contribution is 0.0922. The number of carbonyl (C=O) groups excluding carboxylic acids is 1. The van der Waals surface area contributed by atoms with E-state index in [0.717, 1.165) is 27.9 Å². The first-order valence-electron chi connectivity index (χ1n) is 10.1. The van der Waals surface area contributed by atoms with Gasteiger partial charge in [-0.05, 0) is 53.2 Å². The van der Waals surface area contributed by atoms with Gasteiger partial charge in [0.05, 0.1) is 0 Å². The summed E-state index contributed by atoms with van der Waals surface area (Å²) < 4.78 is 11.3. The van der Waals surface area contributed by atoms with Crippen molar-refractivity contribution in [3.63, 3.8) is 0 Å². The van der Waals surface area contributed by atoms with Crippen molar-refractivity contribution in [1.29, 1.82) is 10.8 Å². The highest BCUT2D eigenvalue weighted by molar-refractivity contribution is 6.31. The van der Waals surface area contributed by atoms with Gasteiger partial charge in [-0.15, -0.1) is 0 Å². The van der Waals surface area contributed by atoms with Crippen LogP contribution < -0.4 is 15.2 Å². The van der Waals surface area contributed by atoms with Gasteiger partial charge in [0.2, 0.25) is 11.7 Å². The molecule has 8 heteroatoms. The first-order valence-corrected chi connectivity index (χ1v) is 10.5. The number of hydrogen-bond acceptors (Lipinski definition) is 6. The number of ether oxygens (including phenoxy) is 2. The number of carbonyl (C=O) groups is 1. The zero-order chi connectivity index (χ0) is 23.4. The number of halogens is 1. The van der Waals surface area contributed by atoms with Gasteiger partial charge in [0.25, 0.3) is 0 Å². The summed E-state index contributed by atoms with van der Waals surface area (Å²) in [6.07, 6.45) is 5.46. The third kappa shape index (κ3) is 4.95. The number of ketones is 1. The molecule has 0 saturated carbocycles. The Labute approximate surface area is 194 Å². The van der Waals surface area contributed by atoms with Gasteiger partial charge in [0.15, 0.2) is 6.61 Å². The lowest BCUT2D eigenvalue weighted by atomic mass is 10.1. The van der Waals surface area contributed by atoms with Crippen LogP contribution in [0.3, 0.4) is 0 Å². The predicted molar refractivity (Wildman–Crippen MR) is 131 cm³/mol. The number of allylic oxidation sites excluding steroid dienone is 1. The molecule has 5 N–H and O–H groups in total. The molecule has 0 aliphatic heterocycles. The maximum Gasteiger partial charge on any atom is 0.211 e. The number of benzene rings is 3. The highest BCUT2D eigenvalue weighted by Crippen LogP contribution is 2.29. The average Bonchev–Trinajstić information content (AvgIpc) is 3.24. The fourth-order valence-corrected chi connectivity index (χ4v) is 3.69. The molecule has 33 heavy (non-hydrogen) atoms. The third-order valence-electron chi connectivity index (χ3n) is 5.09. The summed E-state index contributed by atoms with van der Waals surface area (Å²) in [7, 11) is 0. The largest absolute Gasteiger partial charge is 0.485 e. The minimum absolute atomic E-state index is 0.0949. The van der Waals surface area contributed by atoms with E-state index in [9.17, 15) is 4.79 Å². The van der Waals surface area contributed by atoms with Crippen LogP contribution in [-0.2, 0) is 6.54 Å². The Balaban J connectivity index is 1.51. The smallest absolute Gasteiger partial charge is 0.211 e. The molecule has 166 valence electrons. The molecule has 4 aromatic rings. The molecular formula is C25H21ClN4O3. The summed E-state index contributed by atoms with van der Waals surface area (Å²) in [6.45, 7) is 0.127. The number of nitrogens with two attached hydrogens (primary N) is 1. The highest BCUT2D eigenvalue weighted by Gasteiger charge is 2.15. The molecule has 0 atom stereocenters. The van der Waals surface area contributed by atoms with Gasteiger partial charge in [-0.1, -0.05) is 17.7 Å². The lowest BCUT2D eigenvalue weighted by Gasteiger charge is -2.12. The Kier molecular flexibility index (Phi) is 6.53. The summed E-state index contributed by atoms with van der Waals surface area (Å²) >= 11 is 6.08. The fraction of sp³-hybridized carbons (Fsp3) is 0.0800. The minimum atomic E-state index is -0.184. The Morgan fingerprint density at radius 3 is 2.76 bits per heavy atom. The Morgan fingerprint density at radius 2 is 1.97 bits per heavy atom. The molecule has 0 aliphatic rings. The Bertz CT molecular complexity index is 1410. The van der Waals surface area contributed by atoms with E-state index in [0.29, 0.717) is 27.6 Å². The van der Waals surface area contributed by atoms with Crippen molar-refractivity contribution >= 4 is 51.2 Å². The number of fused-ring (bicyclic) bond motifs is 2. The second kappa shape index (κ2) is 9.68. The average molecular weight is 461 g/mol. The van der Waals surface area contributed by atoms with Gasteiger partial charge in [-0.3, -0.25) is 10.2 Å². The van der Waals surface area contributed by atoms with E-state index in [4.69, 9.17) is 37.6 Å². The fourth-order valence-electron chi connectivity index (χ4n) is 3.51. The summed E-state index contributed by atoms with van der Waals surface area (Å²) in [4.78, 5) is 16.0. The van der Waals surface area contributed by atoms with Gasteiger partial charge in [-0.25, -0.2) is 0 Å². The molecule has 1 aromatic heterocycles. The summed E-state index contributed by atoms with van der Waals surface area (Å²) in [6, 6.07) is 14.5. The lowest BCUT2D eigenvalue weighted by Crippen LogP contribution is -2.13. The van der Waals surface area contributed by atoms with Gasteiger partial charge in [0, 0.05) is 58.2 Å². The molecule has 0 aliphatic carbocycles. The molecule has 0 saturated heterocycles. The number of aromatic nitrogens is 1. The molecule has 0 unspecified atom stereocenters. The number of Topliss-reactive ketones (excluding diaryl/α,β-unsaturated/α-hetero) is 1. The molecular weight excluding hydrogens is 440 g/mol. The molecule has 3 aromatic carbocycles. The van der Waals surface area contributed by atoms with Crippen molar-refractivity contribution in [1.82, 2.24) is 4.98 Å². The van der Waals surface area contributed by atoms with Crippen LogP contribution in [0.1, 0.15) is 15.9 Å². The second-order valence-corrected chi connectivity index (χ2v) is 7.71. The molecule has 0 fully saturated rings. The van der Waals surface area contributed by atoms with E-state index in [2.05, 4.69) is 4.98 Å². The standard InChI is InChI=1S/C25H21ClN4O3/c26-18-4-3-15-10-24(17(12-28)8-16(15)9-18)32-14-23(31)21-13-30-22-11-19(5-6-20(21)22)33-25(29)2-1-7-27/h1-11,13,27,29-30H,12,14,28H2/b2-1-,27-7?,29-25?. The SMILES string of the molecule is N=C/C=C\C(=N)Oc1ccc2c(C(=O)COc3cc4ccc(Cl)cc4cc3CN)c[nH]c2c1. The van der Waals surface area contributed by atoms with E-state index >= 15 is 0 Å². The van der Waals surface area contributed by atoms with Gasteiger partial charge in [0.1, 0.15) is 11.5 Å². The third-order valence-corrected chi connectivity index (χ3v) is 5.32. The van der Waals surface area contributed by atoms with Crippen LogP contribution in [-0.4, -0.2) is 29.5 Å². The molecule has 0 spiro atoms. The summed E-state index contributed by atoms with van der Waals surface area (Å²) in [5.74, 6) is 0.731. The minimum Gasteiger partial charge on any atom is -0.485 e. The van der Waals surface area contributed by atoms with E-state index in [-0.39, 0.29) is 24.8 Å². The molecule has 0 radical (unpaired) electrons. The van der Waals surface area contributed by atoms with Crippen LogP contribution in [0, 0.1) is 10.8 Å². The number of nitrogens with one attached hydrogen (secondary N) is 3. The van der Waals surface area contributed by atoms with E-state index in [1.165, 1.54) is 12.2 Å². The molecule has 1 heterocycles.